The largest absolute Gasteiger partial charge is 0.416 e. The summed E-state index contributed by atoms with van der Waals surface area (Å²) in [6.45, 7) is 3.03. The minimum Gasteiger partial charge on any atom is -0.273 e. The Balaban J connectivity index is 3.30. The number of sulfonamides is 1. The number of hydrogen-bond donors (Lipinski definition) is 3. The molecule has 0 aromatic heterocycles. The fourth-order valence-corrected chi connectivity index (χ4v) is 3.94. The highest BCUT2D eigenvalue weighted by atomic mass is 32.2. The first kappa shape index (κ1) is 28.0. The summed E-state index contributed by atoms with van der Waals surface area (Å²) in [5.74, 6) is -1.95. The molecule has 0 aliphatic rings. The molecule has 32 heavy (non-hydrogen) atoms. The number of hydrogen-bond acceptors (Lipinski definition) is 5. The van der Waals surface area contributed by atoms with Gasteiger partial charge in [-0.15, -0.1) is 0 Å². The molecule has 0 radical (unpaired) electrons. The van der Waals surface area contributed by atoms with Gasteiger partial charge in [-0.3, -0.25) is 20.4 Å². The molecule has 3 N–H and O–H groups in total. The van der Waals surface area contributed by atoms with Crippen molar-refractivity contribution in [2.45, 2.75) is 43.6 Å². The molecule has 0 aliphatic heterocycles. The van der Waals surface area contributed by atoms with E-state index in [1.165, 1.54) is 25.6 Å². The number of nitrogens with one attached hydrogen (secondary N) is 3. The van der Waals surface area contributed by atoms with E-state index in [1.807, 2.05) is 15.6 Å². The third-order valence-electron chi connectivity index (χ3n) is 3.93. The van der Waals surface area contributed by atoms with Gasteiger partial charge in [0.25, 0.3) is 5.91 Å². The van der Waals surface area contributed by atoms with Gasteiger partial charge in [-0.05, 0) is 36.6 Å². The van der Waals surface area contributed by atoms with Crippen LogP contribution in [0.25, 0.3) is 0 Å². The Bertz CT molecular complexity index is 901. The van der Waals surface area contributed by atoms with E-state index in [9.17, 15) is 44.3 Å². The fourth-order valence-electron chi connectivity index (χ4n) is 2.17. The maximum absolute atomic E-state index is 13.0. The highest BCUT2D eigenvalue weighted by molar-refractivity contribution is 7.98. The Kier molecular flexibility index (Phi) is 9.41. The molecule has 1 unspecified atom stereocenters. The van der Waals surface area contributed by atoms with Gasteiger partial charge in [0, 0.05) is 5.92 Å². The summed E-state index contributed by atoms with van der Waals surface area (Å²) in [4.78, 5) is 22.6. The van der Waals surface area contributed by atoms with Crippen LogP contribution in [-0.2, 0) is 32.0 Å². The lowest BCUT2D eigenvalue weighted by atomic mass is 10.1. The molecule has 182 valence electrons. The lowest BCUT2D eigenvalue weighted by Crippen LogP contribution is -2.53. The van der Waals surface area contributed by atoms with Crippen LogP contribution in [0, 0.1) is 5.92 Å². The maximum Gasteiger partial charge on any atom is 0.416 e. The number of amides is 2. The Morgan fingerprint density at radius 2 is 1.41 bits per heavy atom. The van der Waals surface area contributed by atoms with Crippen LogP contribution in [0.5, 0.6) is 0 Å². The highest BCUT2D eigenvalue weighted by Gasteiger charge is 2.38. The monoisotopic (exact) mass is 509 g/mol. The van der Waals surface area contributed by atoms with Crippen LogP contribution in [0.15, 0.2) is 23.1 Å². The van der Waals surface area contributed by atoms with Crippen LogP contribution in [0.2, 0.25) is 0 Å². The molecule has 0 spiro atoms. The molecule has 1 aromatic rings. The van der Waals surface area contributed by atoms with Gasteiger partial charge in [-0.1, -0.05) is 13.8 Å². The lowest BCUT2D eigenvalue weighted by molar-refractivity contribution is -0.143. The Morgan fingerprint density at radius 3 is 1.81 bits per heavy atom. The van der Waals surface area contributed by atoms with Crippen molar-refractivity contribution in [1.82, 2.24) is 15.6 Å². The average molecular weight is 509 g/mol. The second-order valence-corrected chi connectivity index (χ2v) is 9.53. The number of hydrazine groups is 1. The molecule has 15 heteroatoms. The summed E-state index contributed by atoms with van der Waals surface area (Å²) >= 11 is 1.21. The second-order valence-electron chi connectivity index (χ2n) is 6.83. The third kappa shape index (κ3) is 8.16. The summed E-state index contributed by atoms with van der Waals surface area (Å²) in [5.41, 5.74) is 0.393. The first-order chi connectivity index (χ1) is 14.5. The van der Waals surface area contributed by atoms with Gasteiger partial charge in [-0.2, -0.15) is 42.8 Å². The van der Waals surface area contributed by atoms with Crippen molar-refractivity contribution in [2.24, 2.45) is 5.92 Å². The van der Waals surface area contributed by atoms with Crippen molar-refractivity contribution in [2.75, 3.05) is 12.0 Å². The molecule has 0 saturated carbocycles. The predicted octanol–water partition coefficient (Wildman–Crippen LogP) is 2.93. The number of carbonyl (C=O) groups excluding carboxylic acids is 2. The minimum atomic E-state index is -5.25. The zero-order valence-electron chi connectivity index (χ0n) is 17.0. The van der Waals surface area contributed by atoms with Crippen molar-refractivity contribution in [3.63, 3.8) is 0 Å². The summed E-state index contributed by atoms with van der Waals surface area (Å²) in [5, 5.41) is 0. The van der Waals surface area contributed by atoms with E-state index < -0.39 is 62.2 Å². The molecule has 7 nitrogen and oxygen atoms in total. The molecule has 0 bridgehead atoms. The third-order valence-corrected chi connectivity index (χ3v) is 6.02. The standard InChI is InChI=1S/C17H21F6N3O4S2/c1-9(2)14(27)24-25-15(28)13(4-5-31-3)26-32(29,30)12-7-10(16(18,19)20)6-11(8-12)17(21,22)23/h6-9,13,26H,4-5H2,1-3H3,(H,24,27)(H,25,28). The predicted molar refractivity (Wildman–Crippen MR) is 105 cm³/mol. The van der Waals surface area contributed by atoms with Gasteiger partial charge in [0.2, 0.25) is 15.9 Å². The smallest absolute Gasteiger partial charge is 0.273 e. The zero-order valence-corrected chi connectivity index (χ0v) is 18.7. The van der Waals surface area contributed by atoms with E-state index in [2.05, 4.69) is 0 Å². The SMILES string of the molecule is CSCCC(NS(=O)(=O)c1cc(C(F)(F)F)cc(C(F)(F)F)c1)C(=O)NNC(=O)C(C)C. The van der Waals surface area contributed by atoms with Crippen LogP contribution in [0.4, 0.5) is 26.3 Å². The van der Waals surface area contributed by atoms with E-state index >= 15 is 0 Å². The number of rotatable bonds is 8. The quantitative estimate of drug-likeness (QED) is 0.369. The molecular formula is C17H21F6N3O4S2. The van der Waals surface area contributed by atoms with Crippen LogP contribution >= 0.6 is 11.8 Å². The van der Waals surface area contributed by atoms with Crippen LogP contribution in [0.1, 0.15) is 31.4 Å². The first-order valence-electron chi connectivity index (χ1n) is 8.89. The van der Waals surface area contributed by atoms with Crippen molar-refractivity contribution in [3.05, 3.63) is 29.3 Å². The van der Waals surface area contributed by atoms with Gasteiger partial charge in [0.1, 0.15) is 6.04 Å². The van der Waals surface area contributed by atoms with E-state index in [0.717, 1.165) is 0 Å². The molecule has 0 saturated heterocycles. The number of halogens is 6. The van der Waals surface area contributed by atoms with E-state index in [4.69, 9.17) is 0 Å². The second kappa shape index (κ2) is 10.7. The molecule has 0 heterocycles. The normalized spacial score (nSPS) is 13.7. The molecular weight excluding hydrogens is 488 g/mol. The summed E-state index contributed by atoms with van der Waals surface area (Å²) < 4.78 is 105. The maximum atomic E-state index is 13.0. The topological polar surface area (TPSA) is 104 Å². The summed E-state index contributed by atoms with van der Waals surface area (Å²) in [7, 11) is -4.99. The summed E-state index contributed by atoms with van der Waals surface area (Å²) in [6, 6.07) is -1.70. The Hall–Kier alpha value is -2.00. The van der Waals surface area contributed by atoms with E-state index in [-0.39, 0.29) is 30.4 Å². The fraction of sp³-hybridized carbons (Fsp3) is 0.529. The number of thioether (sulfide) groups is 1. The number of alkyl halides is 6. The van der Waals surface area contributed by atoms with Gasteiger partial charge in [0.05, 0.1) is 16.0 Å². The average Bonchev–Trinajstić information content (AvgIpc) is 2.67. The molecule has 2 amide bonds. The summed E-state index contributed by atoms with van der Waals surface area (Å²) in [6.07, 6.45) is -9.02. The van der Waals surface area contributed by atoms with Gasteiger partial charge in [0.15, 0.2) is 0 Å². The number of carbonyl (C=O) groups is 2. The lowest BCUT2D eigenvalue weighted by Gasteiger charge is -2.20. The van der Waals surface area contributed by atoms with E-state index in [1.54, 1.807) is 6.26 Å². The van der Waals surface area contributed by atoms with E-state index in [0.29, 0.717) is 0 Å². The highest BCUT2D eigenvalue weighted by Crippen LogP contribution is 2.37. The Morgan fingerprint density at radius 1 is 0.938 bits per heavy atom. The first-order valence-corrected chi connectivity index (χ1v) is 11.8. The molecule has 1 aromatic carbocycles. The van der Waals surface area contributed by atoms with Gasteiger partial charge in [-0.25, -0.2) is 8.42 Å². The minimum absolute atomic E-state index is 0.0433. The van der Waals surface area contributed by atoms with Crippen molar-refractivity contribution in [1.29, 1.82) is 0 Å². The Labute approximate surface area is 184 Å². The van der Waals surface area contributed by atoms with Crippen molar-refractivity contribution in [3.8, 4) is 0 Å². The van der Waals surface area contributed by atoms with Crippen molar-refractivity contribution >= 4 is 33.6 Å². The van der Waals surface area contributed by atoms with Crippen LogP contribution in [-0.4, -0.2) is 38.3 Å². The molecule has 0 fully saturated rings. The molecule has 0 aliphatic carbocycles. The van der Waals surface area contributed by atoms with Crippen LogP contribution in [0.3, 0.4) is 0 Å². The molecule has 1 atom stereocenters. The zero-order chi connectivity index (χ0) is 24.9. The van der Waals surface area contributed by atoms with Crippen LogP contribution < -0.4 is 15.6 Å². The van der Waals surface area contributed by atoms with Gasteiger partial charge >= 0.3 is 12.4 Å². The molecule has 1 rings (SSSR count). The van der Waals surface area contributed by atoms with Crippen molar-refractivity contribution < 1.29 is 44.3 Å². The number of benzene rings is 1. The van der Waals surface area contributed by atoms with Gasteiger partial charge < -0.3 is 0 Å².